The van der Waals surface area contributed by atoms with E-state index in [-0.39, 0.29) is 18.0 Å². The Labute approximate surface area is 120 Å². The summed E-state index contributed by atoms with van der Waals surface area (Å²) < 4.78 is 6.15. The van der Waals surface area contributed by atoms with Crippen LogP contribution in [0.25, 0.3) is 0 Å². The fourth-order valence-corrected chi connectivity index (χ4v) is 2.92. The first kappa shape index (κ1) is 14.1. The number of nitrogens with one attached hydrogen (secondary N) is 2. The normalized spacial score (nSPS) is 14.1. The summed E-state index contributed by atoms with van der Waals surface area (Å²) in [5.74, 6) is 0.688. The molecule has 0 aliphatic carbocycles. The van der Waals surface area contributed by atoms with Gasteiger partial charge in [-0.05, 0) is 31.2 Å². The molecule has 6 heteroatoms. The standard InChI is InChI=1S/C13H15ClN2O2S/c1-8(13(17)15-2)16-12(9-4-3-7-18-9)10-5-6-11(14)19-10/h3-8,12,16H,1-2H3,(H,15,17). The molecular weight excluding hydrogens is 284 g/mol. The van der Waals surface area contributed by atoms with Gasteiger partial charge in [0.1, 0.15) is 11.8 Å². The van der Waals surface area contributed by atoms with Gasteiger partial charge in [-0.3, -0.25) is 10.1 Å². The van der Waals surface area contributed by atoms with E-state index < -0.39 is 0 Å². The Balaban J connectivity index is 2.23. The molecule has 0 saturated carbocycles. The van der Waals surface area contributed by atoms with Crippen LogP contribution in [0.15, 0.2) is 34.9 Å². The van der Waals surface area contributed by atoms with Gasteiger partial charge in [0.15, 0.2) is 0 Å². The van der Waals surface area contributed by atoms with Crippen LogP contribution in [0, 0.1) is 0 Å². The molecule has 0 aliphatic heterocycles. The van der Waals surface area contributed by atoms with E-state index in [0.29, 0.717) is 4.34 Å². The van der Waals surface area contributed by atoms with Crippen molar-refractivity contribution in [1.82, 2.24) is 10.6 Å². The molecule has 0 radical (unpaired) electrons. The van der Waals surface area contributed by atoms with Crippen LogP contribution in [0.5, 0.6) is 0 Å². The molecule has 0 aliphatic rings. The van der Waals surface area contributed by atoms with Crippen LogP contribution in [-0.2, 0) is 4.79 Å². The number of hydrogen-bond acceptors (Lipinski definition) is 4. The lowest BCUT2D eigenvalue weighted by Gasteiger charge is -2.19. The molecule has 0 aromatic carbocycles. The average Bonchev–Trinajstić information content (AvgIpc) is 3.06. The average molecular weight is 299 g/mol. The van der Waals surface area contributed by atoms with Crippen LogP contribution in [-0.4, -0.2) is 19.0 Å². The molecule has 4 nitrogen and oxygen atoms in total. The minimum atomic E-state index is -0.332. The highest BCUT2D eigenvalue weighted by atomic mass is 35.5. The van der Waals surface area contributed by atoms with Crippen LogP contribution in [0.2, 0.25) is 4.34 Å². The van der Waals surface area contributed by atoms with E-state index >= 15 is 0 Å². The van der Waals surface area contributed by atoms with Crippen molar-refractivity contribution in [1.29, 1.82) is 0 Å². The summed E-state index contributed by atoms with van der Waals surface area (Å²) in [6, 6.07) is 6.96. The quantitative estimate of drug-likeness (QED) is 0.892. The third-order valence-electron chi connectivity index (χ3n) is 2.76. The summed E-state index contributed by atoms with van der Waals surface area (Å²) in [5, 5.41) is 5.86. The van der Waals surface area contributed by atoms with Gasteiger partial charge in [-0.25, -0.2) is 0 Å². The Morgan fingerprint density at radius 1 is 1.42 bits per heavy atom. The molecule has 2 aromatic heterocycles. The van der Waals surface area contributed by atoms with E-state index in [9.17, 15) is 4.79 Å². The first-order valence-electron chi connectivity index (χ1n) is 5.88. The largest absolute Gasteiger partial charge is 0.467 e. The lowest BCUT2D eigenvalue weighted by molar-refractivity contribution is -0.122. The van der Waals surface area contributed by atoms with Gasteiger partial charge in [-0.2, -0.15) is 0 Å². The van der Waals surface area contributed by atoms with Gasteiger partial charge in [0.25, 0.3) is 0 Å². The zero-order valence-electron chi connectivity index (χ0n) is 10.6. The highest BCUT2D eigenvalue weighted by Crippen LogP contribution is 2.31. The minimum absolute atomic E-state index is 0.0702. The zero-order valence-corrected chi connectivity index (χ0v) is 12.2. The summed E-state index contributed by atoms with van der Waals surface area (Å²) in [6.45, 7) is 1.81. The second kappa shape index (κ2) is 6.23. The molecule has 0 saturated heterocycles. The van der Waals surface area contributed by atoms with E-state index in [1.54, 1.807) is 13.3 Å². The molecule has 0 fully saturated rings. The number of likely N-dealkylation sites (N-methyl/N-ethyl adjacent to an activating group) is 1. The summed E-state index contributed by atoms with van der Waals surface area (Å²) in [5.41, 5.74) is 0. The molecule has 19 heavy (non-hydrogen) atoms. The van der Waals surface area contributed by atoms with Gasteiger partial charge in [0.2, 0.25) is 5.91 Å². The molecular formula is C13H15ClN2O2S. The second-order valence-corrected chi connectivity index (χ2v) is 5.84. The molecule has 2 unspecified atom stereocenters. The van der Waals surface area contributed by atoms with Crippen molar-refractivity contribution in [2.75, 3.05) is 7.05 Å². The van der Waals surface area contributed by atoms with Crippen LogP contribution >= 0.6 is 22.9 Å². The van der Waals surface area contributed by atoms with E-state index in [1.165, 1.54) is 11.3 Å². The third-order valence-corrected chi connectivity index (χ3v) is 4.06. The Kier molecular flexibility index (Phi) is 4.63. The summed E-state index contributed by atoms with van der Waals surface area (Å²) in [6.07, 6.45) is 1.61. The van der Waals surface area contributed by atoms with E-state index in [2.05, 4.69) is 10.6 Å². The summed E-state index contributed by atoms with van der Waals surface area (Å²) in [4.78, 5) is 12.6. The van der Waals surface area contributed by atoms with E-state index in [0.717, 1.165) is 10.6 Å². The first-order chi connectivity index (χ1) is 9.11. The third kappa shape index (κ3) is 3.37. The summed E-state index contributed by atoms with van der Waals surface area (Å²) >= 11 is 7.44. The Bertz CT molecular complexity index is 539. The molecule has 0 spiro atoms. The minimum Gasteiger partial charge on any atom is -0.467 e. The number of furan rings is 1. The molecule has 2 rings (SSSR count). The lowest BCUT2D eigenvalue weighted by Crippen LogP contribution is -2.42. The Morgan fingerprint density at radius 3 is 2.74 bits per heavy atom. The number of carbonyl (C=O) groups excluding carboxylic acids is 1. The number of amides is 1. The topological polar surface area (TPSA) is 54.3 Å². The maximum Gasteiger partial charge on any atom is 0.236 e. The summed E-state index contributed by atoms with van der Waals surface area (Å²) in [7, 11) is 1.62. The predicted octanol–water partition coefficient (Wildman–Crippen LogP) is 2.81. The SMILES string of the molecule is CNC(=O)C(C)NC(c1ccco1)c1ccc(Cl)s1. The van der Waals surface area contributed by atoms with Gasteiger partial charge in [0, 0.05) is 11.9 Å². The first-order valence-corrected chi connectivity index (χ1v) is 7.07. The Hall–Kier alpha value is -1.30. The molecule has 1 amide bonds. The maximum atomic E-state index is 11.6. The predicted molar refractivity (Wildman–Crippen MR) is 76.5 cm³/mol. The molecule has 2 heterocycles. The van der Waals surface area contributed by atoms with Crippen molar-refractivity contribution >= 4 is 28.8 Å². The number of halogens is 1. The van der Waals surface area contributed by atoms with Crippen molar-refractivity contribution in [3.05, 3.63) is 45.5 Å². The maximum absolute atomic E-state index is 11.6. The lowest BCUT2D eigenvalue weighted by atomic mass is 10.1. The van der Waals surface area contributed by atoms with Gasteiger partial charge in [-0.1, -0.05) is 11.6 Å². The molecule has 102 valence electrons. The molecule has 2 aromatic rings. The van der Waals surface area contributed by atoms with Crippen molar-refractivity contribution in [2.45, 2.75) is 19.0 Å². The number of rotatable bonds is 5. The Morgan fingerprint density at radius 2 is 2.21 bits per heavy atom. The van der Waals surface area contributed by atoms with Crippen molar-refractivity contribution in [3.8, 4) is 0 Å². The van der Waals surface area contributed by atoms with Crippen LogP contribution in [0.3, 0.4) is 0 Å². The molecule has 2 atom stereocenters. The van der Waals surface area contributed by atoms with E-state index in [4.69, 9.17) is 16.0 Å². The zero-order chi connectivity index (χ0) is 13.8. The van der Waals surface area contributed by atoms with Crippen molar-refractivity contribution in [2.24, 2.45) is 0 Å². The fraction of sp³-hybridized carbons (Fsp3) is 0.308. The monoisotopic (exact) mass is 298 g/mol. The highest BCUT2D eigenvalue weighted by Gasteiger charge is 2.23. The highest BCUT2D eigenvalue weighted by molar-refractivity contribution is 7.16. The van der Waals surface area contributed by atoms with Gasteiger partial charge in [-0.15, -0.1) is 11.3 Å². The van der Waals surface area contributed by atoms with Gasteiger partial charge >= 0.3 is 0 Å². The fourth-order valence-electron chi connectivity index (χ4n) is 1.79. The van der Waals surface area contributed by atoms with Gasteiger partial charge in [0.05, 0.1) is 16.6 Å². The van der Waals surface area contributed by atoms with Crippen molar-refractivity contribution < 1.29 is 9.21 Å². The second-order valence-electron chi connectivity index (χ2n) is 4.09. The smallest absolute Gasteiger partial charge is 0.236 e. The van der Waals surface area contributed by atoms with Crippen LogP contribution in [0.1, 0.15) is 23.6 Å². The van der Waals surface area contributed by atoms with Gasteiger partial charge < -0.3 is 9.73 Å². The van der Waals surface area contributed by atoms with Crippen molar-refractivity contribution in [3.63, 3.8) is 0 Å². The van der Waals surface area contributed by atoms with Crippen LogP contribution < -0.4 is 10.6 Å². The number of thiophene rings is 1. The molecule has 2 N–H and O–H groups in total. The van der Waals surface area contributed by atoms with Crippen LogP contribution in [0.4, 0.5) is 0 Å². The number of hydrogen-bond donors (Lipinski definition) is 2. The number of carbonyl (C=O) groups is 1. The molecule has 0 bridgehead atoms. The van der Waals surface area contributed by atoms with E-state index in [1.807, 2.05) is 31.2 Å².